The largest absolute Gasteiger partial charge is 0.121 e. The Morgan fingerprint density at radius 1 is 1.67 bits per heavy atom. The molecule has 0 amide bonds. The summed E-state index contributed by atoms with van der Waals surface area (Å²) < 4.78 is 4.77. The first-order valence-electron chi connectivity index (χ1n) is 2.42. The predicted octanol–water partition coefficient (Wildman–Crippen LogP) is 3.17. The SMILES string of the molecule is ClCC1=C(Br)C=CC=I1. The molecular formula is C6H5BrClI. The lowest BCUT2D eigenvalue weighted by atomic mass is 10.5. The molecule has 0 saturated carbocycles. The van der Waals surface area contributed by atoms with Gasteiger partial charge in [-0.05, 0) is 10.1 Å². The van der Waals surface area contributed by atoms with Crippen molar-refractivity contribution in [2.75, 3.05) is 5.88 Å². The Balaban J connectivity index is 2.88. The van der Waals surface area contributed by atoms with E-state index in [0.717, 1.165) is 0 Å². The highest BCUT2D eigenvalue weighted by Crippen LogP contribution is 2.27. The van der Waals surface area contributed by atoms with Gasteiger partial charge >= 0.3 is 0 Å². The first kappa shape index (κ1) is 7.95. The maximum absolute atomic E-state index is 5.66. The zero-order chi connectivity index (χ0) is 6.69. The van der Waals surface area contributed by atoms with E-state index in [4.69, 9.17) is 11.6 Å². The van der Waals surface area contributed by atoms with Crippen molar-refractivity contribution in [3.63, 3.8) is 0 Å². The minimum absolute atomic E-state index is 0.0975. The molecule has 0 fully saturated rings. The standard InChI is InChI=1S/C6H5BrClI/c7-5-2-1-3-9-6(5)4-8/h1-3H,4H2. The average Bonchev–Trinajstić information content (AvgIpc) is 1.89. The molecule has 0 unspecified atom stereocenters. The van der Waals surface area contributed by atoms with Gasteiger partial charge in [0.15, 0.2) is 0 Å². The third kappa shape index (κ3) is 2.16. The number of alkyl halides is 1. The molecule has 0 aliphatic carbocycles. The Kier molecular flexibility index (Phi) is 3.43. The quantitative estimate of drug-likeness (QED) is 0.514. The second-order valence-corrected chi connectivity index (χ2v) is 5.25. The number of hydrogen-bond donors (Lipinski definition) is 0. The van der Waals surface area contributed by atoms with Gasteiger partial charge in [-0.3, -0.25) is 0 Å². The molecule has 0 nitrogen and oxygen atoms in total. The number of hydrogen-bond acceptors (Lipinski definition) is 0. The van der Waals surface area contributed by atoms with E-state index in [0.29, 0.717) is 5.88 Å². The second kappa shape index (κ2) is 3.88. The topological polar surface area (TPSA) is 0 Å². The van der Waals surface area contributed by atoms with Crippen molar-refractivity contribution >= 4 is 52.3 Å². The fourth-order valence-electron chi connectivity index (χ4n) is 0.469. The Hall–Kier alpha value is 0.850. The lowest BCUT2D eigenvalue weighted by Gasteiger charge is -1.99. The van der Waals surface area contributed by atoms with Crippen LogP contribution in [0.5, 0.6) is 0 Å². The second-order valence-electron chi connectivity index (χ2n) is 1.48. The summed E-state index contributed by atoms with van der Waals surface area (Å²) in [4.78, 5) is 0. The van der Waals surface area contributed by atoms with Gasteiger partial charge in [0.25, 0.3) is 0 Å². The van der Waals surface area contributed by atoms with Crippen molar-refractivity contribution in [3.05, 3.63) is 20.2 Å². The number of rotatable bonds is 1. The highest BCUT2D eigenvalue weighted by molar-refractivity contribution is 14.2. The molecule has 1 rings (SSSR count). The predicted molar refractivity (Wildman–Crippen MR) is 55.9 cm³/mol. The molecule has 0 aromatic heterocycles. The minimum atomic E-state index is 0.0975. The van der Waals surface area contributed by atoms with E-state index >= 15 is 0 Å². The highest BCUT2D eigenvalue weighted by Gasteiger charge is 1.98. The van der Waals surface area contributed by atoms with Gasteiger partial charge in [0.2, 0.25) is 0 Å². The summed E-state index contributed by atoms with van der Waals surface area (Å²) in [6.45, 7) is 0. The van der Waals surface area contributed by atoms with Crippen LogP contribution in [0.25, 0.3) is 0 Å². The average molecular weight is 319 g/mol. The van der Waals surface area contributed by atoms with Gasteiger partial charge in [-0.15, -0.1) is 11.6 Å². The van der Waals surface area contributed by atoms with Crippen LogP contribution in [0.2, 0.25) is 0 Å². The summed E-state index contributed by atoms with van der Waals surface area (Å²) in [5.74, 6) is 0.675. The third-order valence-corrected chi connectivity index (χ3v) is 5.58. The Morgan fingerprint density at radius 3 is 2.89 bits per heavy atom. The molecular weight excluding hydrogens is 314 g/mol. The Labute approximate surface area is 77.8 Å². The van der Waals surface area contributed by atoms with Gasteiger partial charge in [-0.2, -0.15) is 0 Å². The van der Waals surface area contributed by atoms with E-state index in [1.165, 1.54) is 8.06 Å². The monoisotopic (exact) mass is 318 g/mol. The van der Waals surface area contributed by atoms with Crippen LogP contribution in [0, 0.1) is 0 Å². The first-order valence-corrected chi connectivity index (χ1v) is 6.07. The summed E-state index contributed by atoms with van der Waals surface area (Å²) >= 11 is 9.19. The van der Waals surface area contributed by atoms with E-state index in [1.54, 1.807) is 0 Å². The van der Waals surface area contributed by atoms with Crippen molar-refractivity contribution in [1.29, 1.82) is 0 Å². The summed E-state index contributed by atoms with van der Waals surface area (Å²) in [6, 6.07) is 0. The zero-order valence-corrected chi connectivity index (χ0v) is 9.07. The van der Waals surface area contributed by atoms with Crippen LogP contribution in [-0.4, -0.2) is 9.89 Å². The highest BCUT2D eigenvalue weighted by atomic mass is 127. The van der Waals surface area contributed by atoms with E-state index in [1.807, 2.05) is 6.08 Å². The van der Waals surface area contributed by atoms with Crippen molar-refractivity contribution < 1.29 is 0 Å². The van der Waals surface area contributed by atoms with Gasteiger partial charge < -0.3 is 0 Å². The fraction of sp³-hybridized carbons (Fsp3) is 0.167. The van der Waals surface area contributed by atoms with E-state index in [9.17, 15) is 0 Å². The molecule has 0 N–H and O–H groups in total. The van der Waals surface area contributed by atoms with Gasteiger partial charge in [0, 0.05) is 8.06 Å². The maximum Gasteiger partial charge on any atom is 0.0539 e. The van der Waals surface area contributed by atoms with E-state index < -0.39 is 0 Å². The fourth-order valence-corrected chi connectivity index (χ4v) is 3.53. The molecule has 1 aliphatic rings. The molecule has 0 radical (unpaired) electrons. The van der Waals surface area contributed by atoms with Crippen LogP contribution in [0.4, 0.5) is 0 Å². The van der Waals surface area contributed by atoms with E-state index in [2.05, 4.69) is 26.0 Å². The van der Waals surface area contributed by atoms with Crippen LogP contribution < -0.4 is 0 Å². The molecule has 0 bridgehead atoms. The molecule has 0 saturated heterocycles. The smallest absolute Gasteiger partial charge is 0.0539 e. The molecule has 9 heavy (non-hydrogen) atoms. The normalized spacial score (nSPS) is 18.0. The zero-order valence-electron chi connectivity index (χ0n) is 4.57. The van der Waals surface area contributed by atoms with E-state index in [-0.39, 0.29) is 20.7 Å². The first-order chi connectivity index (χ1) is 4.34. The molecule has 1 heterocycles. The molecule has 50 valence electrons. The lowest BCUT2D eigenvalue weighted by molar-refractivity contribution is 1.70. The summed E-state index contributed by atoms with van der Waals surface area (Å²) in [6.07, 6.45) is 4.12. The van der Waals surface area contributed by atoms with Crippen LogP contribution in [0.3, 0.4) is 0 Å². The van der Waals surface area contributed by atoms with Gasteiger partial charge in [0.1, 0.15) is 0 Å². The molecule has 0 spiro atoms. The lowest BCUT2D eigenvalue weighted by Crippen LogP contribution is -1.80. The molecule has 0 aromatic carbocycles. The van der Waals surface area contributed by atoms with Crippen molar-refractivity contribution in [2.24, 2.45) is 0 Å². The number of halogens is 3. The van der Waals surface area contributed by atoms with Gasteiger partial charge in [0.05, 0.1) is 5.88 Å². The van der Waals surface area contributed by atoms with Crippen LogP contribution in [-0.2, 0) is 0 Å². The molecule has 1 aliphatic heterocycles. The maximum atomic E-state index is 5.66. The van der Waals surface area contributed by atoms with Crippen molar-refractivity contribution in [3.8, 4) is 0 Å². The van der Waals surface area contributed by atoms with Crippen molar-refractivity contribution in [1.82, 2.24) is 0 Å². The summed E-state index contributed by atoms with van der Waals surface area (Å²) in [5.41, 5.74) is 0. The van der Waals surface area contributed by atoms with Crippen molar-refractivity contribution in [2.45, 2.75) is 0 Å². The minimum Gasteiger partial charge on any atom is -0.121 e. The Bertz CT molecular complexity index is 193. The van der Waals surface area contributed by atoms with Crippen LogP contribution >= 0.6 is 48.3 Å². The van der Waals surface area contributed by atoms with Crippen LogP contribution in [0.15, 0.2) is 20.2 Å². The third-order valence-electron chi connectivity index (χ3n) is 0.886. The van der Waals surface area contributed by atoms with Gasteiger partial charge in [-0.1, -0.05) is 42.7 Å². The van der Waals surface area contributed by atoms with Crippen LogP contribution in [0.1, 0.15) is 0 Å². The summed E-state index contributed by atoms with van der Waals surface area (Å²) in [5, 5.41) is 0. The number of allylic oxidation sites excluding steroid dienone is 4. The molecule has 0 atom stereocenters. The molecule has 3 heteroatoms. The molecule has 0 aromatic rings. The summed E-state index contributed by atoms with van der Waals surface area (Å²) in [7, 11) is 0. The Morgan fingerprint density at radius 2 is 2.44 bits per heavy atom. The van der Waals surface area contributed by atoms with Gasteiger partial charge in [-0.25, -0.2) is 0 Å².